The summed E-state index contributed by atoms with van der Waals surface area (Å²) >= 11 is 0. The van der Waals surface area contributed by atoms with E-state index in [1.54, 1.807) is 53.4 Å². The molecule has 0 spiro atoms. The molecule has 0 N–H and O–H groups in total. The minimum atomic E-state index is -1.41. The van der Waals surface area contributed by atoms with E-state index in [1.807, 2.05) is 17.0 Å². The Morgan fingerprint density at radius 2 is 1.31 bits per heavy atom. The zero-order valence-corrected chi connectivity index (χ0v) is 15.9. The Morgan fingerprint density at radius 1 is 0.793 bits per heavy atom. The van der Waals surface area contributed by atoms with E-state index in [1.165, 1.54) is 4.90 Å². The van der Waals surface area contributed by atoms with Crippen molar-refractivity contribution in [3.05, 3.63) is 81.9 Å². The highest BCUT2D eigenvalue weighted by Crippen LogP contribution is 2.26. The van der Waals surface area contributed by atoms with Gasteiger partial charge in [-0.3, -0.25) is 24.6 Å². The van der Waals surface area contributed by atoms with Crippen molar-refractivity contribution in [2.24, 2.45) is 0 Å². The van der Waals surface area contributed by atoms with Gasteiger partial charge in [-0.25, -0.2) is 0 Å². The van der Waals surface area contributed by atoms with E-state index in [9.17, 15) is 19.7 Å². The molecule has 2 aromatic carbocycles. The summed E-state index contributed by atoms with van der Waals surface area (Å²) in [6.45, 7) is 1.35. The molecule has 2 aromatic rings. The van der Waals surface area contributed by atoms with E-state index in [-0.39, 0.29) is 36.4 Å². The molecule has 0 aromatic heterocycles. The van der Waals surface area contributed by atoms with Gasteiger partial charge in [-0.05, 0) is 24.3 Å². The van der Waals surface area contributed by atoms with Gasteiger partial charge in [0.2, 0.25) is 0 Å². The Bertz CT molecular complexity index is 871. The van der Waals surface area contributed by atoms with Crippen molar-refractivity contribution >= 4 is 11.8 Å². The molecule has 1 unspecified atom stereocenters. The first-order chi connectivity index (χ1) is 14.0. The number of hydrogen-bond donors (Lipinski definition) is 0. The van der Waals surface area contributed by atoms with Crippen LogP contribution in [0.3, 0.4) is 0 Å². The number of nitro groups is 1. The second-order valence-electron chi connectivity index (χ2n) is 7.64. The van der Waals surface area contributed by atoms with Gasteiger partial charge in [0.15, 0.2) is 0 Å². The fraction of sp³-hybridized carbons (Fsp3) is 0.333. The summed E-state index contributed by atoms with van der Waals surface area (Å²) in [5, 5.41) is 12.2. The first-order valence-corrected chi connectivity index (χ1v) is 9.54. The van der Waals surface area contributed by atoms with Crippen LogP contribution in [0.5, 0.6) is 0 Å². The second kappa shape index (κ2) is 7.63. The van der Waals surface area contributed by atoms with E-state index >= 15 is 0 Å². The van der Waals surface area contributed by atoms with Crippen LogP contribution < -0.4 is 0 Å². The molecular formula is C21H22N4O4. The van der Waals surface area contributed by atoms with Crippen molar-refractivity contribution in [2.75, 3.05) is 39.4 Å². The van der Waals surface area contributed by atoms with Gasteiger partial charge >= 0.3 is 0 Å². The van der Waals surface area contributed by atoms with Gasteiger partial charge in [0.05, 0.1) is 26.3 Å². The van der Waals surface area contributed by atoms with Gasteiger partial charge in [-0.15, -0.1) is 0 Å². The molecule has 4 rings (SSSR count). The average Bonchev–Trinajstić information content (AvgIpc) is 2.90. The molecule has 2 aliphatic heterocycles. The first kappa shape index (κ1) is 19.1. The molecule has 29 heavy (non-hydrogen) atoms. The molecule has 8 nitrogen and oxygen atoms in total. The largest absolute Gasteiger partial charge is 0.330 e. The van der Waals surface area contributed by atoms with Crippen molar-refractivity contribution in [1.82, 2.24) is 14.7 Å². The van der Waals surface area contributed by atoms with Crippen LogP contribution in [0, 0.1) is 10.1 Å². The standard InChI is InChI=1S/C21H22N4O4/c26-19(17-7-3-1-4-8-17)23-12-11-22-13-21(14-23,25(28)29)15-24(16-22)20(27)18-9-5-2-6-10-18/h1-10H,11-16H2/t21-/m1/s1. The van der Waals surface area contributed by atoms with Crippen molar-refractivity contribution < 1.29 is 14.5 Å². The van der Waals surface area contributed by atoms with Crippen LogP contribution in [-0.2, 0) is 0 Å². The van der Waals surface area contributed by atoms with E-state index < -0.39 is 5.54 Å². The quantitative estimate of drug-likeness (QED) is 0.583. The molecule has 8 heteroatoms. The fourth-order valence-electron chi connectivity index (χ4n) is 4.12. The summed E-state index contributed by atoms with van der Waals surface area (Å²) in [5.74, 6) is -0.453. The van der Waals surface area contributed by atoms with Crippen LogP contribution >= 0.6 is 0 Å². The molecule has 2 atom stereocenters. The van der Waals surface area contributed by atoms with Crippen molar-refractivity contribution in [1.29, 1.82) is 0 Å². The maximum absolute atomic E-state index is 12.9. The number of fused-ring (bicyclic) bond motifs is 2. The van der Waals surface area contributed by atoms with Crippen LogP contribution in [0.2, 0.25) is 0 Å². The number of rotatable bonds is 3. The molecule has 150 valence electrons. The van der Waals surface area contributed by atoms with E-state index in [2.05, 4.69) is 0 Å². The van der Waals surface area contributed by atoms with Crippen LogP contribution in [0.15, 0.2) is 60.7 Å². The molecule has 2 fully saturated rings. The minimum absolute atomic E-state index is 0.0250. The molecule has 2 saturated heterocycles. The van der Waals surface area contributed by atoms with Crippen molar-refractivity contribution in [2.45, 2.75) is 5.54 Å². The number of nitrogens with zero attached hydrogens (tertiary/aromatic N) is 4. The smallest absolute Gasteiger partial charge is 0.269 e. The monoisotopic (exact) mass is 394 g/mol. The molecule has 2 aliphatic rings. The maximum Gasteiger partial charge on any atom is 0.269 e. The predicted octanol–water partition coefficient (Wildman–Crippen LogP) is 1.57. The molecule has 2 heterocycles. The zero-order valence-electron chi connectivity index (χ0n) is 15.9. The molecule has 2 bridgehead atoms. The molecule has 0 aliphatic carbocycles. The molecular weight excluding hydrogens is 372 g/mol. The number of amides is 2. The lowest BCUT2D eigenvalue weighted by atomic mass is 9.95. The van der Waals surface area contributed by atoms with E-state index in [0.717, 1.165) is 0 Å². The van der Waals surface area contributed by atoms with Crippen molar-refractivity contribution in [3.63, 3.8) is 0 Å². The summed E-state index contributed by atoms with van der Waals surface area (Å²) in [4.78, 5) is 42.7. The summed E-state index contributed by atoms with van der Waals surface area (Å²) < 4.78 is 0. The lowest BCUT2D eigenvalue weighted by molar-refractivity contribution is -0.572. The number of benzene rings is 2. The highest BCUT2D eigenvalue weighted by atomic mass is 16.6. The van der Waals surface area contributed by atoms with Crippen LogP contribution in [0.25, 0.3) is 0 Å². The van der Waals surface area contributed by atoms with Gasteiger partial charge in [0.25, 0.3) is 17.4 Å². The van der Waals surface area contributed by atoms with E-state index in [0.29, 0.717) is 30.9 Å². The Labute approximate surface area is 168 Å². The summed E-state index contributed by atoms with van der Waals surface area (Å²) in [6, 6.07) is 17.6. The zero-order chi connectivity index (χ0) is 20.4. The van der Waals surface area contributed by atoms with Crippen LogP contribution in [-0.4, -0.2) is 76.4 Å². The van der Waals surface area contributed by atoms with Gasteiger partial charge in [-0.1, -0.05) is 36.4 Å². The predicted molar refractivity (Wildman–Crippen MR) is 106 cm³/mol. The number of hydrogen-bond acceptors (Lipinski definition) is 5. The molecule has 0 radical (unpaired) electrons. The normalized spacial score (nSPS) is 23.9. The Hall–Kier alpha value is -3.26. The van der Waals surface area contributed by atoms with E-state index in [4.69, 9.17) is 0 Å². The Balaban J connectivity index is 1.61. The van der Waals surface area contributed by atoms with Crippen molar-refractivity contribution in [3.8, 4) is 0 Å². The Kier molecular flexibility index (Phi) is 5.02. The summed E-state index contributed by atoms with van der Waals surface area (Å²) in [6.07, 6.45) is 0. The van der Waals surface area contributed by atoms with Gasteiger partial charge < -0.3 is 9.80 Å². The number of carbonyl (C=O) groups is 2. The average molecular weight is 394 g/mol. The lowest BCUT2D eigenvalue weighted by Gasteiger charge is -2.41. The topological polar surface area (TPSA) is 87.0 Å². The SMILES string of the molecule is O=C(c1ccccc1)N1CCN2CN(C(=O)c3ccccc3)C[C@@]([N+](=O)[O-])(C2)C1. The maximum atomic E-state index is 12.9. The highest BCUT2D eigenvalue weighted by molar-refractivity contribution is 5.95. The van der Waals surface area contributed by atoms with Gasteiger partial charge in [0.1, 0.15) is 0 Å². The van der Waals surface area contributed by atoms with Gasteiger partial charge in [0, 0.05) is 29.1 Å². The minimum Gasteiger partial charge on any atom is -0.330 e. The fourth-order valence-corrected chi connectivity index (χ4v) is 4.12. The third-order valence-corrected chi connectivity index (χ3v) is 5.55. The third kappa shape index (κ3) is 3.71. The van der Waals surface area contributed by atoms with Crippen LogP contribution in [0.1, 0.15) is 20.7 Å². The van der Waals surface area contributed by atoms with Crippen LogP contribution in [0.4, 0.5) is 0 Å². The molecule has 2 amide bonds. The summed E-state index contributed by atoms with van der Waals surface area (Å²) in [5.41, 5.74) is -0.401. The highest BCUT2D eigenvalue weighted by Gasteiger charge is 2.53. The third-order valence-electron chi connectivity index (χ3n) is 5.55. The number of carbonyl (C=O) groups excluding carboxylic acids is 2. The lowest BCUT2D eigenvalue weighted by Crippen LogP contribution is -2.65. The first-order valence-electron chi connectivity index (χ1n) is 9.54. The second-order valence-corrected chi connectivity index (χ2v) is 7.64. The van der Waals surface area contributed by atoms with Gasteiger partial charge in [-0.2, -0.15) is 0 Å². The molecule has 0 saturated carbocycles. The summed E-state index contributed by atoms with van der Waals surface area (Å²) in [7, 11) is 0. The Morgan fingerprint density at radius 3 is 1.86 bits per heavy atom.